The molecule has 4 heteroatoms. The summed E-state index contributed by atoms with van der Waals surface area (Å²) in [7, 11) is 0. The second kappa shape index (κ2) is 5.85. The Morgan fingerprint density at radius 3 is 2.78 bits per heavy atom. The van der Waals surface area contributed by atoms with Crippen LogP contribution in [0, 0.1) is 13.8 Å². The lowest BCUT2D eigenvalue weighted by atomic mass is 10.0. The van der Waals surface area contributed by atoms with E-state index in [-0.39, 0.29) is 0 Å². The average Bonchev–Trinajstić information content (AvgIpc) is 2.65. The Hall–Kier alpha value is -0.870. The molecule has 18 heavy (non-hydrogen) atoms. The van der Waals surface area contributed by atoms with Gasteiger partial charge in [-0.15, -0.1) is 0 Å². The van der Waals surface area contributed by atoms with Crippen LogP contribution in [-0.2, 0) is 11.2 Å². The zero-order valence-electron chi connectivity index (χ0n) is 12.0. The van der Waals surface area contributed by atoms with Crippen LogP contribution in [0.5, 0.6) is 0 Å². The molecule has 0 radical (unpaired) electrons. The van der Waals surface area contributed by atoms with Crippen LogP contribution < -0.4 is 5.32 Å². The molecule has 0 amide bonds. The van der Waals surface area contributed by atoms with E-state index in [1.807, 2.05) is 0 Å². The molecule has 0 aromatic carbocycles. The Bertz CT molecular complexity index is 398. The molecule has 4 nitrogen and oxygen atoms in total. The molecule has 2 heterocycles. The summed E-state index contributed by atoms with van der Waals surface area (Å²) in [5.74, 6) is 0. The number of hydrogen-bond acceptors (Lipinski definition) is 3. The van der Waals surface area contributed by atoms with Crippen LogP contribution in [0.15, 0.2) is 0 Å². The first-order valence-electron chi connectivity index (χ1n) is 7.04. The lowest BCUT2D eigenvalue weighted by molar-refractivity contribution is 0.0323. The molecule has 2 atom stereocenters. The molecule has 1 aliphatic heterocycles. The molecular formula is C14H25N3O. The Balaban J connectivity index is 2.28. The summed E-state index contributed by atoms with van der Waals surface area (Å²) >= 11 is 0. The molecule has 1 saturated heterocycles. The van der Waals surface area contributed by atoms with Gasteiger partial charge >= 0.3 is 0 Å². The van der Waals surface area contributed by atoms with Gasteiger partial charge in [-0.05, 0) is 38.8 Å². The fourth-order valence-electron chi connectivity index (χ4n) is 3.00. The lowest BCUT2D eigenvalue weighted by Crippen LogP contribution is -2.44. The van der Waals surface area contributed by atoms with Crippen molar-refractivity contribution < 1.29 is 4.74 Å². The number of hydrogen-bond donors (Lipinski definition) is 1. The van der Waals surface area contributed by atoms with Crippen LogP contribution in [0.4, 0.5) is 0 Å². The van der Waals surface area contributed by atoms with E-state index in [1.165, 1.54) is 11.3 Å². The Morgan fingerprint density at radius 1 is 1.39 bits per heavy atom. The van der Waals surface area contributed by atoms with E-state index in [4.69, 9.17) is 9.84 Å². The summed E-state index contributed by atoms with van der Waals surface area (Å²) in [5, 5.41) is 8.30. The van der Waals surface area contributed by atoms with Gasteiger partial charge in [-0.3, -0.25) is 4.68 Å². The van der Waals surface area contributed by atoms with Gasteiger partial charge in [0.15, 0.2) is 0 Å². The van der Waals surface area contributed by atoms with E-state index >= 15 is 0 Å². The predicted molar refractivity (Wildman–Crippen MR) is 73.0 cm³/mol. The molecule has 1 aromatic heterocycles. The van der Waals surface area contributed by atoms with Crippen LogP contribution in [-0.4, -0.2) is 35.6 Å². The number of ether oxygens (including phenoxy) is 1. The minimum atomic E-state index is 0.331. The highest BCUT2D eigenvalue weighted by Gasteiger charge is 2.29. The highest BCUT2D eigenvalue weighted by atomic mass is 16.5. The molecule has 0 aliphatic carbocycles. The fourth-order valence-corrected chi connectivity index (χ4v) is 3.00. The maximum atomic E-state index is 5.65. The second-order valence-corrected chi connectivity index (χ2v) is 5.04. The summed E-state index contributed by atoms with van der Waals surface area (Å²) in [6, 6.07) is 0.809. The maximum absolute atomic E-state index is 5.65. The van der Waals surface area contributed by atoms with Gasteiger partial charge in [0, 0.05) is 18.3 Å². The summed E-state index contributed by atoms with van der Waals surface area (Å²) in [6.45, 7) is 11.3. The first-order chi connectivity index (χ1) is 8.69. The van der Waals surface area contributed by atoms with E-state index < -0.39 is 0 Å². The van der Waals surface area contributed by atoms with Crippen molar-refractivity contribution in [3.8, 4) is 0 Å². The zero-order chi connectivity index (χ0) is 13.1. The number of likely N-dealkylation sites (N-methyl/N-ethyl adjacent to an activating group) is 1. The van der Waals surface area contributed by atoms with Crippen molar-refractivity contribution in [2.24, 2.45) is 0 Å². The van der Waals surface area contributed by atoms with Gasteiger partial charge in [0.05, 0.1) is 18.3 Å². The van der Waals surface area contributed by atoms with Crippen molar-refractivity contribution in [3.05, 3.63) is 17.0 Å². The minimum absolute atomic E-state index is 0.331. The Labute approximate surface area is 110 Å². The number of aromatic nitrogens is 2. The normalized spacial score (nSPS) is 24.4. The molecule has 0 saturated carbocycles. The predicted octanol–water partition coefficient (Wildman–Crippen LogP) is 2.00. The van der Waals surface area contributed by atoms with Crippen LogP contribution in [0.25, 0.3) is 0 Å². The van der Waals surface area contributed by atoms with Gasteiger partial charge in [-0.1, -0.05) is 13.8 Å². The quantitative estimate of drug-likeness (QED) is 0.889. The number of rotatable bonds is 4. The largest absolute Gasteiger partial charge is 0.379 e. The Morgan fingerprint density at radius 2 is 2.17 bits per heavy atom. The van der Waals surface area contributed by atoms with Gasteiger partial charge in [0.1, 0.15) is 0 Å². The first kappa shape index (κ1) is 13.6. The molecule has 2 rings (SSSR count). The van der Waals surface area contributed by atoms with Crippen molar-refractivity contribution >= 4 is 0 Å². The SMILES string of the molecule is CCNC1CCOCC1n1nc(C)c(CC)c1C. The maximum Gasteiger partial charge on any atom is 0.0909 e. The van der Waals surface area contributed by atoms with E-state index in [9.17, 15) is 0 Å². The van der Waals surface area contributed by atoms with Crippen molar-refractivity contribution in [2.45, 2.75) is 52.6 Å². The molecular weight excluding hydrogens is 226 g/mol. The number of aryl methyl sites for hydroxylation is 1. The molecule has 2 unspecified atom stereocenters. The molecule has 1 N–H and O–H groups in total. The van der Waals surface area contributed by atoms with Crippen LogP contribution in [0.1, 0.15) is 43.3 Å². The van der Waals surface area contributed by atoms with Crippen molar-refractivity contribution in [3.63, 3.8) is 0 Å². The zero-order valence-corrected chi connectivity index (χ0v) is 12.0. The minimum Gasteiger partial charge on any atom is -0.379 e. The van der Waals surface area contributed by atoms with Crippen LogP contribution in [0.3, 0.4) is 0 Å². The molecule has 1 aromatic rings. The summed E-state index contributed by atoms with van der Waals surface area (Å²) in [4.78, 5) is 0. The summed E-state index contributed by atoms with van der Waals surface area (Å²) in [5.41, 5.74) is 3.85. The van der Waals surface area contributed by atoms with E-state index in [1.54, 1.807) is 0 Å². The lowest BCUT2D eigenvalue weighted by Gasteiger charge is -2.33. The second-order valence-electron chi connectivity index (χ2n) is 5.04. The van der Waals surface area contributed by atoms with Crippen LogP contribution in [0.2, 0.25) is 0 Å². The van der Waals surface area contributed by atoms with Crippen molar-refractivity contribution in [1.82, 2.24) is 15.1 Å². The van der Waals surface area contributed by atoms with Crippen molar-refractivity contribution in [1.29, 1.82) is 0 Å². The third kappa shape index (κ3) is 2.45. The number of nitrogens with zero attached hydrogens (tertiary/aromatic N) is 2. The van der Waals surface area contributed by atoms with Gasteiger partial charge < -0.3 is 10.1 Å². The van der Waals surface area contributed by atoms with Gasteiger partial charge in [0.2, 0.25) is 0 Å². The number of nitrogens with one attached hydrogen (secondary N) is 1. The summed E-state index contributed by atoms with van der Waals surface area (Å²) < 4.78 is 7.83. The Kier molecular flexibility index (Phi) is 4.40. The van der Waals surface area contributed by atoms with E-state index in [0.717, 1.165) is 38.3 Å². The van der Waals surface area contributed by atoms with E-state index in [2.05, 4.69) is 37.7 Å². The fraction of sp³-hybridized carbons (Fsp3) is 0.786. The topological polar surface area (TPSA) is 39.1 Å². The monoisotopic (exact) mass is 251 g/mol. The smallest absolute Gasteiger partial charge is 0.0909 e. The van der Waals surface area contributed by atoms with Gasteiger partial charge in [0.25, 0.3) is 0 Å². The van der Waals surface area contributed by atoms with E-state index in [0.29, 0.717) is 12.1 Å². The molecule has 0 bridgehead atoms. The molecule has 1 aliphatic rings. The third-order valence-corrected chi connectivity index (χ3v) is 3.94. The highest BCUT2D eigenvalue weighted by molar-refractivity contribution is 5.25. The molecule has 0 spiro atoms. The van der Waals surface area contributed by atoms with Gasteiger partial charge in [-0.2, -0.15) is 5.10 Å². The molecule has 1 fully saturated rings. The van der Waals surface area contributed by atoms with Crippen LogP contribution >= 0.6 is 0 Å². The van der Waals surface area contributed by atoms with Gasteiger partial charge in [-0.25, -0.2) is 0 Å². The average molecular weight is 251 g/mol. The molecule has 102 valence electrons. The third-order valence-electron chi connectivity index (χ3n) is 3.94. The standard InChI is InChI=1S/C14H25N3O/c1-5-12-10(3)16-17(11(12)4)14-9-18-8-7-13(14)15-6-2/h13-15H,5-9H2,1-4H3. The summed E-state index contributed by atoms with van der Waals surface area (Å²) in [6.07, 6.45) is 2.12. The highest BCUT2D eigenvalue weighted by Crippen LogP contribution is 2.24. The van der Waals surface area contributed by atoms with Crippen molar-refractivity contribution in [2.75, 3.05) is 19.8 Å². The first-order valence-corrected chi connectivity index (χ1v) is 7.04.